The number of carbonyl (C=O) groups is 1. The summed E-state index contributed by atoms with van der Waals surface area (Å²) < 4.78 is 0. The van der Waals surface area contributed by atoms with Gasteiger partial charge in [0, 0.05) is 12.4 Å². The van der Waals surface area contributed by atoms with E-state index in [0.717, 1.165) is 16.7 Å². The number of nitrogens with two attached hydrogens (primary N) is 1. The molecular weight excluding hydrogens is 228 g/mol. The maximum atomic E-state index is 10.7. The first-order valence-electron chi connectivity index (χ1n) is 5.64. The van der Waals surface area contributed by atoms with E-state index < -0.39 is 12.0 Å². The van der Waals surface area contributed by atoms with Crippen LogP contribution in [0, 0.1) is 0 Å². The first-order chi connectivity index (χ1) is 8.66. The average Bonchev–Trinajstić information content (AvgIpc) is 2.40. The van der Waals surface area contributed by atoms with Crippen LogP contribution in [0.3, 0.4) is 0 Å². The van der Waals surface area contributed by atoms with E-state index in [4.69, 9.17) is 10.8 Å². The van der Waals surface area contributed by atoms with Crippen LogP contribution in [0.25, 0.3) is 11.1 Å². The molecule has 0 aliphatic heterocycles. The molecule has 3 N–H and O–H groups in total. The van der Waals surface area contributed by atoms with Gasteiger partial charge in [0.25, 0.3) is 0 Å². The van der Waals surface area contributed by atoms with Gasteiger partial charge < -0.3 is 10.8 Å². The van der Waals surface area contributed by atoms with E-state index in [0.29, 0.717) is 6.42 Å². The Kier molecular flexibility index (Phi) is 3.69. The van der Waals surface area contributed by atoms with E-state index in [1.165, 1.54) is 0 Å². The fourth-order valence-corrected chi connectivity index (χ4v) is 1.75. The zero-order chi connectivity index (χ0) is 13.0. The molecule has 4 nitrogen and oxygen atoms in total. The van der Waals surface area contributed by atoms with Gasteiger partial charge in [-0.3, -0.25) is 9.78 Å². The lowest BCUT2D eigenvalue weighted by atomic mass is 10.0. The Balaban J connectivity index is 2.23. The highest BCUT2D eigenvalue weighted by molar-refractivity contribution is 5.73. The van der Waals surface area contributed by atoms with Gasteiger partial charge in [-0.1, -0.05) is 30.3 Å². The van der Waals surface area contributed by atoms with Gasteiger partial charge >= 0.3 is 5.97 Å². The van der Waals surface area contributed by atoms with E-state index in [1.807, 2.05) is 36.4 Å². The maximum Gasteiger partial charge on any atom is 0.320 e. The summed E-state index contributed by atoms with van der Waals surface area (Å²) in [5.41, 5.74) is 8.45. The highest BCUT2D eigenvalue weighted by Gasteiger charge is 2.12. The summed E-state index contributed by atoms with van der Waals surface area (Å²) >= 11 is 0. The molecule has 1 atom stereocenters. The molecule has 0 bridgehead atoms. The second-order valence-corrected chi connectivity index (χ2v) is 4.09. The van der Waals surface area contributed by atoms with E-state index >= 15 is 0 Å². The standard InChI is InChI=1S/C14H14N2O2/c15-13(14(17)18)8-10-3-1-4-11(7-10)12-5-2-6-16-9-12/h1-7,9,13H,8,15H2,(H,17,18)/t13-/m1/s1. The van der Waals surface area contributed by atoms with Crippen LogP contribution in [0.4, 0.5) is 0 Å². The minimum absolute atomic E-state index is 0.323. The van der Waals surface area contributed by atoms with Crippen LogP contribution in [0.2, 0.25) is 0 Å². The van der Waals surface area contributed by atoms with Crippen molar-refractivity contribution in [2.45, 2.75) is 12.5 Å². The van der Waals surface area contributed by atoms with E-state index in [9.17, 15) is 4.79 Å². The lowest BCUT2D eigenvalue weighted by Gasteiger charge is -2.08. The third-order valence-electron chi connectivity index (χ3n) is 2.69. The SMILES string of the molecule is N[C@H](Cc1cccc(-c2cccnc2)c1)C(=O)O. The number of carboxylic acids is 1. The molecule has 0 spiro atoms. The van der Waals surface area contributed by atoms with E-state index in [2.05, 4.69) is 4.98 Å². The van der Waals surface area contributed by atoms with Crippen LogP contribution in [-0.4, -0.2) is 22.1 Å². The lowest BCUT2D eigenvalue weighted by molar-refractivity contribution is -0.138. The first kappa shape index (κ1) is 12.3. The smallest absolute Gasteiger partial charge is 0.320 e. The van der Waals surface area contributed by atoms with E-state index in [1.54, 1.807) is 12.4 Å². The molecule has 1 aromatic carbocycles. The molecule has 2 aromatic rings. The number of rotatable bonds is 4. The van der Waals surface area contributed by atoms with Crippen LogP contribution in [0.5, 0.6) is 0 Å². The molecule has 0 radical (unpaired) electrons. The van der Waals surface area contributed by atoms with Crippen LogP contribution >= 0.6 is 0 Å². The van der Waals surface area contributed by atoms with Crippen molar-refractivity contribution in [2.24, 2.45) is 5.73 Å². The summed E-state index contributed by atoms with van der Waals surface area (Å²) in [6.45, 7) is 0. The minimum atomic E-state index is -0.984. The normalized spacial score (nSPS) is 12.1. The number of aromatic nitrogens is 1. The number of hydrogen-bond donors (Lipinski definition) is 2. The molecule has 1 heterocycles. The number of aliphatic carboxylic acids is 1. The minimum Gasteiger partial charge on any atom is -0.480 e. The molecule has 0 aliphatic carbocycles. The Morgan fingerprint density at radius 3 is 2.72 bits per heavy atom. The second-order valence-electron chi connectivity index (χ2n) is 4.09. The van der Waals surface area contributed by atoms with Crippen molar-refractivity contribution in [3.05, 3.63) is 54.4 Å². The molecule has 0 amide bonds. The van der Waals surface area contributed by atoms with Crippen molar-refractivity contribution in [3.8, 4) is 11.1 Å². The topological polar surface area (TPSA) is 76.2 Å². The number of pyridine rings is 1. The van der Waals surface area contributed by atoms with Gasteiger partial charge in [0.2, 0.25) is 0 Å². The third kappa shape index (κ3) is 2.93. The number of hydrogen-bond acceptors (Lipinski definition) is 3. The van der Waals surface area contributed by atoms with Crippen molar-refractivity contribution in [2.75, 3.05) is 0 Å². The molecular formula is C14H14N2O2. The third-order valence-corrected chi connectivity index (χ3v) is 2.69. The van der Waals surface area contributed by atoms with E-state index in [-0.39, 0.29) is 0 Å². The van der Waals surface area contributed by atoms with Gasteiger partial charge in [-0.15, -0.1) is 0 Å². The fourth-order valence-electron chi connectivity index (χ4n) is 1.75. The van der Waals surface area contributed by atoms with Crippen molar-refractivity contribution in [3.63, 3.8) is 0 Å². The van der Waals surface area contributed by atoms with Gasteiger partial charge in [0.15, 0.2) is 0 Å². The largest absolute Gasteiger partial charge is 0.480 e. The fraction of sp³-hybridized carbons (Fsp3) is 0.143. The quantitative estimate of drug-likeness (QED) is 0.855. The van der Waals surface area contributed by atoms with Gasteiger partial charge in [0.1, 0.15) is 6.04 Å². The molecule has 4 heteroatoms. The summed E-state index contributed by atoms with van der Waals surface area (Å²) in [4.78, 5) is 14.8. The van der Waals surface area contributed by atoms with Gasteiger partial charge in [0.05, 0.1) is 0 Å². The summed E-state index contributed by atoms with van der Waals surface area (Å²) in [7, 11) is 0. The number of nitrogens with zero attached hydrogens (tertiary/aromatic N) is 1. The molecule has 2 rings (SSSR count). The molecule has 0 fully saturated rings. The Bertz CT molecular complexity index is 541. The summed E-state index contributed by atoms with van der Waals surface area (Å²) in [5, 5.41) is 8.79. The first-order valence-corrected chi connectivity index (χ1v) is 5.64. The number of benzene rings is 1. The summed E-state index contributed by atoms with van der Waals surface area (Å²) in [6.07, 6.45) is 3.81. The van der Waals surface area contributed by atoms with Crippen molar-refractivity contribution >= 4 is 5.97 Å². The highest BCUT2D eigenvalue weighted by Crippen LogP contribution is 2.19. The zero-order valence-corrected chi connectivity index (χ0v) is 9.78. The van der Waals surface area contributed by atoms with Gasteiger partial charge in [-0.05, 0) is 29.2 Å². The molecule has 0 saturated heterocycles. The summed E-state index contributed by atoms with van der Waals surface area (Å²) in [5.74, 6) is -0.984. The van der Waals surface area contributed by atoms with Crippen molar-refractivity contribution < 1.29 is 9.90 Å². The van der Waals surface area contributed by atoms with Crippen LogP contribution < -0.4 is 5.73 Å². The Morgan fingerprint density at radius 2 is 2.06 bits per heavy atom. The molecule has 1 aromatic heterocycles. The monoisotopic (exact) mass is 242 g/mol. The predicted octanol–water partition coefficient (Wildman–Crippen LogP) is 1.70. The molecule has 0 aliphatic rings. The second kappa shape index (κ2) is 5.42. The number of carboxylic acid groups (broad SMARTS) is 1. The van der Waals surface area contributed by atoms with Gasteiger partial charge in [-0.25, -0.2) is 0 Å². The lowest BCUT2D eigenvalue weighted by Crippen LogP contribution is -2.32. The summed E-state index contributed by atoms with van der Waals surface area (Å²) in [6, 6.07) is 10.6. The molecule has 0 unspecified atom stereocenters. The predicted molar refractivity (Wildman–Crippen MR) is 69.0 cm³/mol. The highest BCUT2D eigenvalue weighted by atomic mass is 16.4. The Hall–Kier alpha value is -2.20. The molecule has 18 heavy (non-hydrogen) atoms. The molecule has 92 valence electrons. The van der Waals surface area contributed by atoms with Gasteiger partial charge in [-0.2, -0.15) is 0 Å². The maximum absolute atomic E-state index is 10.7. The average molecular weight is 242 g/mol. The zero-order valence-electron chi connectivity index (χ0n) is 9.78. The van der Waals surface area contributed by atoms with Crippen molar-refractivity contribution in [1.29, 1.82) is 0 Å². The molecule has 0 saturated carbocycles. The van der Waals surface area contributed by atoms with Crippen LogP contribution in [0.1, 0.15) is 5.56 Å². The Labute approximate surface area is 105 Å². The van der Waals surface area contributed by atoms with Crippen LogP contribution in [0.15, 0.2) is 48.8 Å². The Morgan fingerprint density at radius 1 is 1.28 bits per heavy atom. The van der Waals surface area contributed by atoms with Crippen LogP contribution in [-0.2, 0) is 11.2 Å². The van der Waals surface area contributed by atoms with Crippen molar-refractivity contribution in [1.82, 2.24) is 4.98 Å².